The van der Waals surface area contributed by atoms with Crippen molar-refractivity contribution in [1.82, 2.24) is 14.8 Å². The van der Waals surface area contributed by atoms with Gasteiger partial charge >= 0.3 is 0 Å². The summed E-state index contributed by atoms with van der Waals surface area (Å²) >= 11 is 0. The topological polar surface area (TPSA) is 70.7 Å². The molecule has 0 spiro atoms. The zero-order valence-corrected chi connectivity index (χ0v) is 24.5. The maximum absolute atomic E-state index is 5.30. The van der Waals surface area contributed by atoms with E-state index in [1.165, 1.54) is 11.1 Å². The van der Waals surface area contributed by atoms with Gasteiger partial charge in [0, 0.05) is 17.4 Å². The van der Waals surface area contributed by atoms with Crippen LogP contribution in [0.1, 0.15) is 54.8 Å². The molecule has 2 aliphatic rings. The van der Waals surface area contributed by atoms with E-state index in [9.17, 15) is 0 Å². The number of nitrogens with zero attached hydrogens (tertiary/aromatic N) is 6. The summed E-state index contributed by atoms with van der Waals surface area (Å²) < 4.78 is 1.86. The van der Waals surface area contributed by atoms with Crippen molar-refractivity contribution in [1.29, 1.82) is 0 Å². The van der Waals surface area contributed by atoms with E-state index in [-0.39, 0.29) is 11.5 Å². The minimum absolute atomic E-state index is 0.0537. The molecule has 0 bridgehead atoms. The fourth-order valence-corrected chi connectivity index (χ4v) is 5.69. The first-order valence-electron chi connectivity index (χ1n) is 14.3. The van der Waals surface area contributed by atoms with Crippen molar-refractivity contribution in [2.45, 2.75) is 46.1 Å². The Morgan fingerprint density at radius 1 is 0.786 bits per heavy atom. The highest BCUT2D eigenvalue weighted by molar-refractivity contribution is 6.51. The van der Waals surface area contributed by atoms with Crippen molar-refractivity contribution in [2.75, 3.05) is 10.2 Å². The van der Waals surface area contributed by atoms with Gasteiger partial charge in [0.15, 0.2) is 23.3 Å². The van der Waals surface area contributed by atoms with E-state index in [1.807, 2.05) is 28.9 Å². The monoisotopic (exact) mass is 551 g/mol. The number of nitrogens with one attached hydrogen (secondary N) is 1. The van der Waals surface area contributed by atoms with E-state index in [1.54, 1.807) is 6.20 Å². The molecule has 7 heteroatoms. The molecule has 4 heterocycles. The maximum atomic E-state index is 5.30. The molecule has 208 valence electrons. The lowest BCUT2D eigenvalue weighted by molar-refractivity contribution is 0.589. The molecule has 0 saturated carbocycles. The van der Waals surface area contributed by atoms with Gasteiger partial charge in [0.05, 0.1) is 23.1 Å². The van der Waals surface area contributed by atoms with Crippen molar-refractivity contribution in [3.8, 4) is 5.82 Å². The molecule has 1 N–H and O–H groups in total. The lowest BCUT2D eigenvalue weighted by Gasteiger charge is -2.40. The van der Waals surface area contributed by atoms with Gasteiger partial charge in [-0.05, 0) is 66.8 Å². The van der Waals surface area contributed by atoms with Crippen LogP contribution in [-0.2, 0) is 5.41 Å². The Balaban J connectivity index is 1.47. The maximum Gasteiger partial charge on any atom is 0.179 e. The largest absolute Gasteiger partial charge is 0.337 e. The van der Waals surface area contributed by atoms with Crippen molar-refractivity contribution < 1.29 is 0 Å². The van der Waals surface area contributed by atoms with Gasteiger partial charge in [0.1, 0.15) is 0 Å². The number of benzene rings is 3. The van der Waals surface area contributed by atoms with Crippen LogP contribution in [0.4, 0.5) is 22.9 Å². The standard InChI is InChI=1S/C35H33N7/c1-22-13-19-26(20-14-22)37-32-34-39-33-30(23(2)40-42(33)29-12-8-9-21-36-29)31(24-15-17-25(18-16-24)35(3,4)5)41(34)28-11-7-6-10-27(28)38-32/h6-21,31H,1-5H3,(H,37,38)/t31-/m1/s1. The molecule has 0 amide bonds. The summed E-state index contributed by atoms with van der Waals surface area (Å²) in [5.41, 5.74) is 8.52. The van der Waals surface area contributed by atoms with Crippen molar-refractivity contribution >= 4 is 34.6 Å². The lowest BCUT2D eigenvalue weighted by Crippen LogP contribution is -2.46. The Bertz CT molecular complexity index is 1840. The van der Waals surface area contributed by atoms with Crippen LogP contribution in [0.15, 0.2) is 107 Å². The van der Waals surface area contributed by atoms with Gasteiger partial charge in [0.25, 0.3) is 0 Å². The van der Waals surface area contributed by atoms with Crippen molar-refractivity contribution in [2.24, 2.45) is 9.98 Å². The molecular weight excluding hydrogens is 518 g/mol. The molecule has 7 nitrogen and oxygen atoms in total. The molecule has 0 radical (unpaired) electrons. The van der Waals surface area contributed by atoms with Gasteiger partial charge in [-0.2, -0.15) is 9.78 Å². The van der Waals surface area contributed by atoms with E-state index in [4.69, 9.17) is 15.1 Å². The van der Waals surface area contributed by atoms with Crippen molar-refractivity contribution in [3.63, 3.8) is 0 Å². The van der Waals surface area contributed by atoms with Gasteiger partial charge < -0.3 is 10.2 Å². The second-order valence-electron chi connectivity index (χ2n) is 11.9. The highest BCUT2D eigenvalue weighted by Gasteiger charge is 2.41. The molecule has 2 aliphatic heterocycles. The van der Waals surface area contributed by atoms with Crippen molar-refractivity contribution in [3.05, 3.63) is 125 Å². The van der Waals surface area contributed by atoms with Crippen LogP contribution in [0, 0.1) is 13.8 Å². The number of fused-ring (bicyclic) bond motifs is 4. The summed E-state index contributed by atoms with van der Waals surface area (Å²) in [6.07, 6.45) is 1.78. The smallest absolute Gasteiger partial charge is 0.179 e. The van der Waals surface area contributed by atoms with Crippen LogP contribution in [0.2, 0.25) is 0 Å². The summed E-state index contributed by atoms with van der Waals surface area (Å²) in [6, 6.07) is 31.3. The molecule has 3 aromatic carbocycles. The molecular formula is C35H33N7. The molecule has 0 fully saturated rings. The third-order valence-corrected chi connectivity index (χ3v) is 7.91. The predicted molar refractivity (Wildman–Crippen MR) is 171 cm³/mol. The number of hydrogen-bond donors (Lipinski definition) is 1. The number of aliphatic imine (C=N–C) groups is 2. The summed E-state index contributed by atoms with van der Waals surface area (Å²) in [7, 11) is 0. The van der Waals surface area contributed by atoms with E-state index < -0.39 is 0 Å². The van der Waals surface area contributed by atoms with E-state index in [2.05, 4.69) is 117 Å². The highest BCUT2D eigenvalue weighted by atomic mass is 15.4. The minimum Gasteiger partial charge on any atom is -0.337 e. The number of amidine groups is 2. The molecule has 0 unspecified atom stereocenters. The molecule has 0 aliphatic carbocycles. The molecule has 1 atom stereocenters. The zero-order valence-electron chi connectivity index (χ0n) is 24.5. The van der Waals surface area contributed by atoms with Crippen LogP contribution < -0.4 is 10.2 Å². The number of aryl methyl sites for hydroxylation is 2. The minimum atomic E-state index is -0.176. The summed E-state index contributed by atoms with van der Waals surface area (Å²) in [5.74, 6) is 2.91. The van der Waals surface area contributed by atoms with Gasteiger partial charge in [-0.3, -0.25) is 0 Å². The molecule has 42 heavy (non-hydrogen) atoms. The van der Waals surface area contributed by atoms with Gasteiger partial charge in [-0.15, -0.1) is 0 Å². The molecule has 0 saturated heterocycles. The summed E-state index contributed by atoms with van der Waals surface area (Å²) in [5, 5.41) is 8.57. The van der Waals surface area contributed by atoms with E-state index in [0.29, 0.717) is 5.84 Å². The Morgan fingerprint density at radius 3 is 2.24 bits per heavy atom. The molecule has 2 aromatic heterocycles. The predicted octanol–water partition coefficient (Wildman–Crippen LogP) is 7.98. The first-order chi connectivity index (χ1) is 20.3. The number of anilines is 2. The number of pyridine rings is 1. The van der Waals surface area contributed by atoms with Gasteiger partial charge in [0.2, 0.25) is 0 Å². The second kappa shape index (κ2) is 9.80. The third-order valence-electron chi connectivity index (χ3n) is 7.91. The average Bonchev–Trinajstić information content (AvgIpc) is 3.33. The molecule has 5 aromatic rings. The third kappa shape index (κ3) is 4.38. The van der Waals surface area contributed by atoms with Gasteiger partial charge in [-0.25, -0.2) is 15.0 Å². The first-order valence-corrected chi connectivity index (χ1v) is 14.3. The summed E-state index contributed by atoms with van der Waals surface area (Å²) in [6.45, 7) is 10.9. The Kier molecular flexibility index (Phi) is 6.04. The normalized spacial score (nSPS) is 15.7. The average molecular weight is 552 g/mol. The second-order valence-corrected chi connectivity index (χ2v) is 11.9. The fraction of sp³-hybridized carbons (Fsp3) is 0.200. The van der Waals surface area contributed by atoms with Crippen LogP contribution in [-0.4, -0.2) is 26.4 Å². The highest BCUT2D eigenvalue weighted by Crippen LogP contribution is 2.48. The lowest BCUT2D eigenvalue weighted by atomic mass is 9.85. The number of aromatic nitrogens is 3. The van der Waals surface area contributed by atoms with Crippen LogP contribution in [0.3, 0.4) is 0 Å². The van der Waals surface area contributed by atoms with Crippen LogP contribution in [0.25, 0.3) is 5.82 Å². The quantitative estimate of drug-likeness (QED) is 0.247. The Morgan fingerprint density at radius 2 is 1.52 bits per heavy atom. The zero-order chi connectivity index (χ0) is 29.0. The Hall–Kier alpha value is -5.04. The number of hydrogen-bond acceptors (Lipinski definition) is 6. The summed E-state index contributed by atoms with van der Waals surface area (Å²) in [4.78, 5) is 17.3. The SMILES string of the molecule is Cc1ccc(NC2=Nc3ccccc3N3C2=Nc2c(c(C)nn2-c2ccccn2)[C@H]3c2ccc(C(C)(C)C)cc2)cc1. The van der Waals surface area contributed by atoms with E-state index >= 15 is 0 Å². The van der Waals surface area contributed by atoms with Crippen LogP contribution >= 0.6 is 0 Å². The Labute approximate surface area is 246 Å². The van der Waals surface area contributed by atoms with E-state index in [0.717, 1.165) is 51.4 Å². The van der Waals surface area contributed by atoms with Crippen LogP contribution in [0.5, 0.6) is 0 Å². The first kappa shape index (κ1) is 25.9. The molecule has 7 rings (SSSR count). The number of para-hydroxylation sites is 2. The van der Waals surface area contributed by atoms with Gasteiger partial charge in [-0.1, -0.05) is 80.9 Å². The fourth-order valence-electron chi connectivity index (χ4n) is 5.69. The number of rotatable bonds is 3.